The van der Waals surface area contributed by atoms with Gasteiger partial charge < -0.3 is 5.73 Å². The van der Waals surface area contributed by atoms with Crippen LogP contribution in [-0.4, -0.2) is 33.3 Å². The molecular weight excluding hydrogens is 224 g/mol. The maximum absolute atomic E-state index is 6.47. The quantitative estimate of drug-likeness (QED) is 0.871. The second kappa shape index (κ2) is 5.41. The summed E-state index contributed by atoms with van der Waals surface area (Å²) in [6.07, 6.45) is 7.73. The van der Waals surface area contributed by atoms with Gasteiger partial charge in [0.2, 0.25) is 0 Å². The molecule has 18 heavy (non-hydrogen) atoms. The van der Waals surface area contributed by atoms with Gasteiger partial charge in [0.1, 0.15) is 0 Å². The third-order valence-corrected chi connectivity index (χ3v) is 4.15. The van der Waals surface area contributed by atoms with E-state index in [0.29, 0.717) is 0 Å². The summed E-state index contributed by atoms with van der Waals surface area (Å²) in [5.41, 5.74) is 7.63. The van der Waals surface area contributed by atoms with Crippen molar-refractivity contribution in [3.63, 3.8) is 0 Å². The van der Waals surface area contributed by atoms with Crippen LogP contribution in [0, 0.1) is 0 Å². The molecule has 4 nitrogen and oxygen atoms in total. The fraction of sp³-hybridized carbons (Fsp3) is 0.786. The van der Waals surface area contributed by atoms with E-state index < -0.39 is 0 Å². The second-order valence-electron chi connectivity index (χ2n) is 5.86. The Hall–Kier alpha value is -0.870. The van der Waals surface area contributed by atoms with Crippen LogP contribution in [0.25, 0.3) is 0 Å². The van der Waals surface area contributed by atoms with Crippen LogP contribution in [-0.2, 0) is 6.54 Å². The zero-order valence-corrected chi connectivity index (χ0v) is 11.9. The van der Waals surface area contributed by atoms with Gasteiger partial charge in [-0.25, -0.2) is 0 Å². The van der Waals surface area contributed by atoms with Crippen molar-refractivity contribution in [2.24, 2.45) is 5.73 Å². The first kappa shape index (κ1) is 13.6. The van der Waals surface area contributed by atoms with E-state index in [9.17, 15) is 0 Å². The van der Waals surface area contributed by atoms with Gasteiger partial charge in [-0.2, -0.15) is 5.10 Å². The maximum atomic E-state index is 6.47. The Labute approximate surface area is 110 Å². The maximum Gasteiger partial charge on any atom is 0.0538 e. The zero-order chi connectivity index (χ0) is 13.2. The minimum Gasteiger partial charge on any atom is -0.322 e. The summed E-state index contributed by atoms with van der Waals surface area (Å²) in [5.74, 6) is 0. The van der Waals surface area contributed by atoms with Crippen molar-refractivity contribution in [1.82, 2.24) is 14.7 Å². The van der Waals surface area contributed by atoms with Gasteiger partial charge in [-0.1, -0.05) is 6.92 Å². The van der Waals surface area contributed by atoms with Crippen LogP contribution in [0.15, 0.2) is 12.4 Å². The van der Waals surface area contributed by atoms with Gasteiger partial charge in [-0.15, -0.1) is 0 Å². The summed E-state index contributed by atoms with van der Waals surface area (Å²) in [6, 6.07) is 0.0289. The van der Waals surface area contributed by atoms with Crippen molar-refractivity contribution in [3.05, 3.63) is 18.0 Å². The third-order valence-electron chi connectivity index (χ3n) is 4.15. The lowest BCUT2D eigenvalue weighted by molar-refractivity contribution is 0.124. The first-order chi connectivity index (χ1) is 8.55. The van der Waals surface area contributed by atoms with Crippen molar-refractivity contribution < 1.29 is 0 Å². The molecule has 1 aliphatic rings. The van der Waals surface area contributed by atoms with Gasteiger partial charge in [0.25, 0.3) is 0 Å². The van der Waals surface area contributed by atoms with Crippen molar-refractivity contribution in [2.45, 2.75) is 58.2 Å². The Bertz CT molecular complexity index is 377. The third kappa shape index (κ3) is 2.59. The largest absolute Gasteiger partial charge is 0.322 e. The molecule has 2 rings (SSSR count). The summed E-state index contributed by atoms with van der Waals surface area (Å²) in [6.45, 7) is 9.97. The number of hydrogen-bond donors (Lipinski definition) is 1. The van der Waals surface area contributed by atoms with Crippen LogP contribution in [0.2, 0.25) is 0 Å². The predicted molar refractivity (Wildman–Crippen MR) is 74.3 cm³/mol. The Kier molecular flexibility index (Phi) is 4.07. The highest BCUT2D eigenvalue weighted by Crippen LogP contribution is 2.31. The molecule has 1 fully saturated rings. The van der Waals surface area contributed by atoms with E-state index in [-0.39, 0.29) is 11.6 Å². The minimum atomic E-state index is 0.0105. The SMILES string of the molecule is CCCn1cc(C(N)C(C)(C)N2CCCC2)cn1. The fourth-order valence-corrected chi connectivity index (χ4v) is 2.79. The van der Waals surface area contributed by atoms with E-state index in [0.717, 1.165) is 18.5 Å². The lowest BCUT2D eigenvalue weighted by atomic mass is 9.89. The topological polar surface area (TPSA) is 47.1 Å². The Morgan fingerprint density at radius 1 is 1.39 bits per heavy atom. The van der Waals surface area contributed by atoms with Gasteiger partial charge in [-0.05, 0) is 46.2 Å². The highest BCUT2D eigenvalue weighted by Gasteiger charge is 2.35. The highest BCUT2D eigenvalue weighted by molar-refractivity contribution is 5.16. The van der Waals surface area contributed by atoms with Crippen LogP contribution >= 0.6 is 0 Å². The molecule has 0 saturated carbocycles. The molecule has 0 amide bonds. The number of hydrogen-bond acceptors (Lipinski definition) is 3. The average Bonchev–Trinajstić information content (AvgIpc) is 2.99. The second-order valence-corrected chi connectivity index (χ2v) is 5.86. The van der Waals surface area contributed by atoms with Gasteiger partial charge in [-0.3, -0.25) is 9.58 Å². The highest BCUT2D eigenvalue weighted by atomic mass is 15.3. The van der Waals surface area contributed by atoms with Crippen molar-refractivity contribution in [3.8, 4) is 0 Å². The summed E-state index contributed by atoms with van der Waals surface area (Å²) < 4.78 is 2.00. The predicted octanol–water partition coefficient (Wildman–Crippen LogP) is 2.17. The van der Waals surface area contributed by atoms with E-state index in [4.69, 9.17) is 5.73 Å². The molecular formula is C14H26N4. The Morgan fingerprint density at radius 2 is 2.06 bits per heavy atom. The molecule has 0 bridgehead atoms. The molecule has 1 aromatic heterocycles. The molecule has 0 aliphatic carbocycles. The lowest BCUT2D eigenvalue weighted by Crippen LogP contribution is -2.49. The molecule has 1 atom stereocenters. The lowest BCUT2D eigenvalue weighted by Gasteiger charge is -2.40. The van der Waals surface area contributed by atoms with E-state index in [1.165, 1.54) is 25.9 Å². The smallest absolute Gasteiger partial charge is 0.0538 e. The summed E-state index contributed by atoms with van der Waals surface area (Å²) in [7, 11) is 0. The number of likely N-dealkylation sites (tertiary alicyclic amines) is 1. The van der Waals surface area contributed by atoms with Gasteiger partial charge >= 0.3 is 0 Å². The zero-order valence-electron chi connectivity index (χ0n) is 11.9. The van der Waals surface area contributed by atoms with Gasteiger partial charge in [0.05, 0.1) is 12.2 Å². The Balaban J connectivity index is 2.10. The molecule has 2 heterocycles. The van der Waals surface area contributed by atoms with Crippen LogP contribution in [0.1, 0.15) is 51.6 Å². The number of aryl methyl sites for hydroxylation is 1. The molecule has 0 radical (unpaired) electrons. The Morgan fingerprint density at radius 3 is 2.67 bits per heavy atom. The van der Waals surface area contributed by atoms with E-state index in [2.05, 4.69) is 37.0 Å². The molecule has 1 unspecified atom stereocenters. The van der Waals surface area contributed by atoms with Crippen molar-refractivity contribution >= 4 is 0 Å². The fourth-order valence-electron chi connectivity index (χ4n) is 2.79. The number of nitrogens with zero attached hydrogens (tertiary/aromatic N) is 3. The minimum absolute atomic E-state index is 0.0105. The number of nitrogens with two attached hydrogens (primary N) is 1. The standard InChI is InChI=1S/C14H26N4/c1-4-7-18-11-12(10-16-18)13(15)14(2,3)17-8-5-6-9-17/h10-11,13H,4-9,15H2,1-3H3. The molecule has 0 spiro atoms. The molecule has 1 saturated heterocycles. The average molecular weight is 250 g/mol. The van der Waals surface area contributed by atoms with Crippen LogP contribution in [0.3, 0.4) is 0 Å². The van der Waals surface area contributed by atoms with E-state index in [1.807, 2.05) is 10.9 Å². The van der Waals surface area contributed by atoms with Gasteiger partial charge in [0.15, 0.2) is 0 Å². The summed E-state index contributed by atoms with van der Waals surface area (Å²) in [5, 5.41) is 4.39. The first-order valence-electron chi connectivity index (χ1n) is 7.08. The van der Waals surface area contributed by atoms with Crippen LogP contribution in [0.5, 0.6) is 0 Å². The monoisotopic (exact) mass is 250 g/mol. The first-order valence-corrected chi connectivity index (χ1v) is 7.08. The van der Waals surface area contributed by atoms with E-state index >= 15 is 0 Å². The molecule has 0 aromatic carbocycles. The van der Waals surface area contributed by atoms with Crippen molar-refractivity contribution in [2.75, 3.05) is 13.1 Å². The van der Waals surface area contributed by atoms with Crippen LogP contribution in [0.4, 0.5) is 0 Å². The molecule has 1 aliphatic heterocycles. The molecule has 1 aromatic rings. The summed E-state index contributed by atoms with van der Waals surface area (Å²) in [4.78, 5) is 2.51. The van der Waals surface area contributed by atoms with Crippen molar-refractivity contribution in [1.29, 1.82) is 0 Å². The molecule has 102 valence electrons. The normalized spacial score (nSPS) is 19.3. The molecule has 2 N–H and O–H groups in total. The number of aromatic nitrogens is 2. The van der Waals surface area contributed by atoms with Gasteiger partial charge in [0, 0.05) is 23.8 Å². The number of rotatable bonds is 5. The van der Waals surface area contributed by atoms with E-state index in [1.54, 1.807) is 0 Å². The van der Waals surface area contributed by atoms with Crippen LogP contribution < -0.4 is 5.73 Å². The summed E-state index contributed by atoms with van der Waals surface area (Å²) >= 11 is 0. The molecule has 4 heteroatoms.